The highest BCUT2D eigenvalue weighted by Gasteiger charge is 2.32. The van der Waals surface area contributed by atoms with Gasteiger partial charge in [-0.25, -0.2) is 0 Å². The van der Waals surface area contributed by atoms with Crippen molar-refractivity contribution in [3.63, 3.8) is 0 Å². The number of nitrogens with zero attached hydrogens (tertiary/aromatic N) is 1. The third-order valence-corrected chi connectivity index (χ3v) is 3.22. The van der Waals surface area contributed by atoms with Gasteiger partial charge in [-0.1, -0.05) is 18.2 Å². The second-order valence-corrected chi connectivity index (χ2v) is 4.77. The fourth-order valence-corrected chi connectivity index (χ4v) is 2.21. The zero-order chi connectivity index (χ0) is 13.9. The Morgan fingerprint density at radius 1 is 1.21 bits per heavy atom. The Balaban J connectivity index is 2.03. The number of para-hydroxylation sites is 1. The summed E-state index contributed by atoms with van der Waals surface area (Å²) >= 11 is 0. The average molecular weight is 274 g/mol. The number of halogens is 3. The number of hydrogen-bond donors (Lipinski definition) is 1. The molecule has 2 rings (SSSR count). The Morgan fingerprint density at radius 2 is 1.84 bits per heavy atom. The minimum atomic E-state index is -4.65. The largest absolute Gasteiger partial charge is 0.573 e. The van der Waals surface area contributed by atoms with Gasteiger partial charge >= 0.3 is 6.36 Å². The third kappa shape index (κ3) is 4.40. The van der Waals surface area contributed by atoms with Crippen LogP contribution in [0.2, 0.25) is 0 Å². The fraction of sp³-hybridized carbons (Fsp3) is 0.538. The molecule has 1 saturated heterocycles. The average Bonchev–Trinajstić information content (AvgIpc) is 2.33. The van der Waals surface area contributed by atoms with Crippen LogP contribution in [0.4, 0.5) is 13.2 Å². The summed E-state index contributed by atoms with van der Waals surface area (Å²) in [5, 5.41) is 0. The van der Waals surface area contributed by atoms with Gasteiger partial charge in [0.2, 0.25) is 0 Å². The van der Waals surface area contributed by atoms with E-state index in [-0.39, 0.29) is 11.8 Å². The van der Waals surface area contributed by atoms with E-state index in [2.05, 4.69) is 9.64 Å². The molecule has 2 N–H and O–H groups in total. The Bertz CT molecular complexity index is 415. The molecule has 0 bridgehead atoms. The van der Waals surface area contributed by atoms with Crippen LogP contribution in [0.15, 0.2) is 24.3 Å². The molecule has 0 spiro atoms. The number of benzene rings is 1. The maximum absolute atomic E-state index is 12.3. The molecule has 106 valence electrons. The molecule has 1 aliphatic heterocycles. The zero-order valence-corrected chi connectivity index (χ0v) is 10.5. The second-order valence-electron chi connectivity index (χ2n) is 4.77. The van der Waals surface area contributed by atoms with Gasteiger partial charge in [0.05, 0.1) is 0 Å². The number of rotatable bonds is 3. The molecule has 1 fully saturated rings. The van der Waals surface area contributed by atoms with Crippen molar-refractivity contribution < 1.29 is 17.9 Å². The van der Waals surface area contributed by atoms with Crippen LogP contribution in [-0.2, 0) is 6.54 Å². The molecule has 0 aliphatic carbocycles. The second kappa shape index (κ2) is 5.79. The van der Waals surface area contributed by atoms with Crippen LogP contribution in [0.25, 0.3) is 0 Å². The van der Waals surface area contributed by atoms with Crippen molar-refractivity contribution >= 4 is 0 Å². The highest BCUT2D eigenvalue weighted by molar-refractivity contribution is 5.33. The molecule has 0 unspecified atom stereocenters. The minimum Gasteiger partial charge on any atom is -0.405 e. The van der Waals surface area contributed by atoms with Gasteiger partial charge in [0.1, 0.15) is 5.75 Å². The van der Waals surface area contributed by atoms with Gasteiger partial charge in [0.15, 0.2) is 0 Å². The van der Waals surface area contributed by atoms with Crippen molar-refractivity contribution in [1.29, 1.82) is 0 Å². The summed E-state index contributed by atoms with van der Waals surface area (Å²) in [4.78, 5) is 2.10. The fourth-order valence-electron chi connectivity index (χ4n) is 2.21. The smallest absolute Gasteiger partial charge is 0.405 e. The predicted octanol–water partition coefficient (Wildman–Crippen LogP) is 2.51. The van der Waals surface area contributed by atoms with Crippen molar-refractivity contribution in [3.05, 3.63) is 29.8 Å². The molecule has 3 nitrogen and oxygen atoms in total. The van der Waals surface area contributed by atoms with E-state index in [9.17, 15) is 13.2 Å². The summed E-state index contributed by atoms with van der Waals surface area (Å²) in [6.45, 7) is 2.07. The number of alkyl halides is 3. The van der Waals surface area contributed by atoms with E-state index in [0.29, 0.717) is 12.1 Å². The van der Waals surface area contributed by atoms with Crippen LogP contribution in [-0.4, -0.2) is 30.4 Å². The van der Waals surface area contributed by atoms with Gasteiger partial charge < -0.3 is 10.5 Å². The molecule has 0 atom stereocenters. The number of nitrogens with two attached hydrogens (primary N) is 1. The predicted molar refractivity (Wildman–Crippen MR) is 65.6 cm³/mol. The van der Waals surface area contributed by atoms with Gasteiger partial charge in [0.25, 0.3) is 0 Å². The van der Waals surface area contributed by atoms with E-state index in [1.165, 1.54) is 12.1 Å². The Kier molecular flexibility index (Phi) is 4.31. The number of ether oxygens (including phenoxy) is 1. The lowest BCUT2D eigenvalue weighted by Gasteiger charge is -2.30. The van der Waals surface area contributed by atoms with E-state index < -0.39 is 6.36 Å². The molecule has 1 aliphatic rings. The van der Waals surface area contributed by atoms with Crippen LogP contribution < -0.4 is 10.5 Å². The SMILES string of the molecule is NC1CCN(Cc2ccccc2OC(F)(F)F)CC1. The molecule has 1 aromatic carbocycles. The molecule has 0 aromatic heterocycles. The number of likely N-dealkylation sites (tertiary alicyclic amines) is 1. The monoisotopic (exact) mass is 274 g/mol. The lowest BCUT2D eigenvalue weighted by Crippen LogP contribution is -2.39. The van der Waals surface area contributed by atoms with Gasteiger partial charge in [-0.2, -0.15) is 0 Å². The lowest BCUT2D eigenvalue weighted by atomic mass is 10.1. The van der Waals surface area contributed by atoms with E-state index >= 15 is 0 Å². The van der Waals surface area contributed by atoms with Crippen LogP contribution in [0.1, 0.15) is 18.4 Å². The summed E-state index contributed by atoms with van der Waals surface area (Å²) in [5.74, 6) is -0.120. The van der Waals surface area contributed by atoms with Crippen molar-refractivity contribution in [2.24, 2.45) is 5.73 Å². The highest BCUT2D eigenvalue weighted by atomic mass is 19.4. The van der Waals surface area contributed by atoms with Crippen LogP contribution in [0.3, 0.4) is 0 Å². The van der Waals surface area contributed by atoms with Gasteiger partial charge in [-0.15, -0.1) is 13.2 Å². The highest BCUT2D eigenvalue weighted by Crippen LogP contribution is 2.27. The standard InChI is InChI=1S/C13H17F3N2O/c14-13(15,16)19-12-4-2-1-3-10(12)9-18-7-5-11(17)6-8-18/h1-4,11H,5-9,17H2. The van der Waals surface area contributed by atoms with Crippen LogP contribution in [0, 0.1) is 0 Å². The minimum absolute atomic E-state index is 0.120. The summed E-state index contributed by atoms with van der Waals surface area (Å²) in [5.41, 5.74) is 6.35. The van der Waals surface area contributed by atoms with E-state index in [1.54, 1.807) is 12.1 Å². The lowest BCUT2D eigenvalue weighted by molar-refractivity contribution is -0.275. The third-order valence-electron chi connectivity index (χ3n) is 3.22. The first-order chi connectivity index (χ1) is 8.94. The Labute approximate surface area is 110 Å². The molecule has 0 saturated carbocycles. The summed E-state index contributed by atoms with van der Waals surface area (Å²) < 4.78 is 40.9. The summed E-state index contributed by atoms with van der Waals surface area (Å²) in [6.07, 6.45) is -2.90. The Hall–Kier alpha value is -1.27. The first-order valence-electron chi connectivity index (χ1n) is 6.25. The molecular weight excluding hydrogens is 257 g/mol. The topological polar surface area (TPSA) is 38.5 Å². The van der Waals surface area contributed by atoms with E-state index in [1.807, 2.05) is 0 Å². The first-order valence-corrected chi connectivity index (χ1v) is 6.25. The van der Waals surface area contributed by atoms with Gasteiger partial charge in [0, 0.05) is 18.2 Å². The summed E-state index contributed by atoms with van der Waals surface area (Å²) in [7, 11) is 0. The van der Waals surface area contributed by atoms with Gasteiger partial charge in [-0.3, -0.25) is 4.90 Å². The van der Waals surface area contributed by atoms with E-state index in [0.717, 1.165) is 25.9 Å². The van der Waals surface area contributed by atoms with E-state index in [4.69, 9.17) is 5.73 Å². The maximum atomic E-state index is 12.3. The number of piperidine rings is 1. The molecule has 1 aromatic rings. The molecule has 0 radical (unpaired) electrons. The van der Waals surface area contributed by atoms with Crippen molar-refractivity contribution in [2.45, 2.75) is 31.8 Å². The molecule has 0 amide bonds. The van der Waals surface area contributed by atoms with Crippen LogP contribution in [0.5, 0.6) is 5.75 Å². The Morgan fingerprint density at radius 3 is 2.47 bits per heavy atom. The molecule has 19 heavy (non-hydrogen) atoms. The van der Waals surface area contributed by atoms with Crippen molar-refractivity contribution in [2.75, 3.05) is 13.1 Å². The maximum Gasteiger partial charge on any atom is 0.573 e. The molecular formula is C13H17F3N2O. The van der Waals surface area contributed by atoms with Crippen molar-refractivity contribution in [3.8, 4) is 5.75 Å². The van der Waals surface area contributed by atoms with Crippen LogP contribution >= 0.6 is 0 Å². The molecule has 6 heteroatoms. The number of hydrogen-bond acceptors (Lipinski definition) is 3. The summed E-state index contributed by atoms with van der Waals surface area (Å²) in [6, 6.07) is 6.47. The first kappa shape index (κ1) is 14.1. The zero-order valence-electron chi connectivity index (χ0n) is 10.5. The normalized spacial score (nSPS) is 18.5. The van der Waals surface area contributed by atoms with Gasteiger partial charge in [-0.05, 0) is 32.0 Å². The quantitative estimate of drug-likeness (QED) is 0.920. The van der Waals surface area contributed by atoms with Crippen molar-refractivity contribution in [1.82, 2.24) is 4.90 Å². The molecule has 1 heterocycles.